The van der Waals surface area contributed by atoms with Gasteiger partial charge in [-0.25, -0.2) is 9.97 Å². The summed E-state index contributed by atoms with van der Waals surface area (Å²) in [5.74, 6) is 2.59. The van der Waals surface area contributed by atoms with Gasteiger partial charge in [-0.2, -0.15) is 4.98 Å². The molecule has 3 aromatic heterocycles. The maximum atomic E-state index is 13.2. The number of nitrogens with one attached hydrogen (secondary N) is 1. The van der Waals surface area contributed by atoms with E-state index in [0.29, 0.717) is 55.3 Å². The Morgan fingerprint density at radius 1 is 0.915 bits per heavy atom. The third-order valence-electron chi connectivity index (χ3n) is 9.05. The fourth-order valence-corrected chi connectivity index (χ4v) is 6.50. The summed E-state index contributed by atoms with van der Waals surface area (Å²) in [7, 11) is 3.75. The van der Waals surface area contributed by atoms with Crippen molar-refractivity contribution in [2.24, 2.45) is 0 Å². The Hall–Kier alpha value is -5.00. The number of rotatable bonds is 9. The first kappa shape index (κ1) is 30.6. The third kappa shape index (κ3) is 6.63. The lowest BCUT2D eigenvalue weighted by Gasteiger charge is -2.36. The van der Waals surface area contributed by atoms with E-state index in [4.69, 9.17) is 9.72 Å². The highest BCUT2D eigenvalue weighted by Gasteiger charge is 2.27. The average Bonchev–Trinajstić information content (AvgIpc) is 3.77. The molecule has 11 heteroatoms. The second kappa shape index (κ2) is 13.4. The number of hydrogen-bond donors (Lipinski definition) is 2. The van der Waals surface area contributed by atoms with Gasteiger partial charge in [-0.1, -0.05) is 31.0 Å². The molecule has 1 amide bonds. The Bertz CT molecular complexity index is 1810. The van der Waals surface area contributed by atoms with Crippen LogP contribution in [-0.2, 0) is 0 Å². The summed E-state index contributed by atoms with van der Waals surface area (Å²) in [6, 6.07) is 23.2. The van der Waals surface area contributed by atoms with Crippen LogP contribution in [-0.4, -0.2) is 80.6 Å². The third-order valence-corrected chi connectivity index (χ3v) is 9.05. The van der Waals surface area contributed by atoms with Gasteiger partial charge in [0, 0.05) is 49.4 Å². The van der Waals surface area contributed by atoms with Crippen LogP contribution in [0.2, 0.25) is 0 Å². The number of nitrogens with zero attached hydrogens (tertiary/aromatic N) is 7. The van der Waals surface area contributed by atoms with E-state index in [1.54, 1.807) is 4.90 Å². The highest BCUT2D eigenvalue weighted by atomic mass is 16.5. The summed E-state index contributed by atoms with van der Waals surface area (Å²) in [5.41, 5.74) is 3.32. The van der Waals surface area contributed by atoms with Crippen LogP contribution in [0.15, 0.2) is 85.2 Å². The van der Waals surface area contributed by atoms with E-state index in [1.807, 2.05) is 104 Å². The molecule has 47 heavy (non-hydrogen) atoms. The standard InChI is InChI=1S/C36H40N8O3/c1-41(2)35(46)31-22-26-23-38-36(40-33(26)44(31)27-8-6-7-9-27)39-32-17-14-28(24-37-32)42-18-20-43(21-19-42)34(45)25-12-15-30(16-13-25)47-29-10-4-3-5-11-29/h3-5,10-17,22-24,27,35,46H,6-9,18-21H2,1-2H3,(H,37,38,39,40). The lowest BCUT2D eigenvalue weighted by atomic mass is 10.1. The number of piperazine rings is 1. The van der Waals surface area contributed by atoms with Crippen LogP contribution >= 0.6 is 0 Å². The molecule has 7 rings (SSSR count). The molecule has 2 aromatic carbocycles. The molecule has 1 aliphatic carbocycles. The summed E-state index contributed by atoms with van der Waals surface area (Å²) in [4.78, 5) is 33.2. The fourth-order valence-electron chi connectivity index (χ4n) is 6.50. The molecule has 2 aliphatic rings. The highest BCUT2D eigenvalue weighted by Crippen LogP contribution is 2.37. The van der Waals surface area contributed by atoms with Crippen LogP contribution in [0.25, 0.3) is 11.0 Å². The SMILES string of the molecule is CN(C)C(O)c1cc2cnc(Nc3ccc(N4CCN(C(=O)c5ccc(Oc6ccccc6)cc5)CC4)cn3)nc2n1C1CCCC1. The van der Waals surface area contributed by atoms with E-state index in [1.165, 1.54) is 12.8 Å². The van der Waals surface area contributed by atoms with Gasteiger partial charge in [-0.15, -0.1) is 0 Å². The summed E-state index contributed by atoms with van der Waals surface area (Å²) < 4.78 is 8.06. The van der Waals surface area contributed by atoms with Crippen molar-refractivity contribution in [3.8, 4) is 11.5 Å². The van der Waals surface area contributed by atoms with Crippen LogP contribution in [0.3, 0.4) is 0 Å². The highest BCUT2D eigenvalue weighted by molar-refractivity contribution is 5.94. The Labute approximate surface area is 274 Å². The Balaban J connectivity index is 0.974. The Morgan fingerprint density at radius 3 is 2.32 bits per heavy atom. The van der Waals surface area contributed by atoms with Crippen LogP contribution in [0.4, 0.5) is 17.5 Å². The van der Waals surface area contributed by atoms with Gasteiger partial charge >= 0.3 is 0 Å². The van der Waals surface area contributed by atoms with E-state index in [-0.39, 0.29) is 5.91 Å². The van der Waals surface area contributed by atoms with E-state index >= 15 is 0 Å². The summed E-state index contributed by atoms with van der Waals surface area (Å²) in [6.07, 6.45) is 7.44. The van der Waals surface area contributed by atoms with Gasteiger partial charge in [0.05, 0.1) is 17.6 Å². The second-order valence-corrected chi connectivity index (χ2v) is 12.4. The van der Waals surface area contributed by atoms with Gasteiger partial charge in [0.1, 0.15) is 29.2 Å². The van der Waals surface area contributed by atoms with Crippen molar-refractivity contribution >= 4 is 34.4 Å². The number of para-hydroxylation sites is 1. The molecule has 0 spiro atoms. The molecule has 1 aliphatic heterocycles. The zero-order valence-electron chi connectivity index (χ0n) is 26.8. The normalized spacial score (nSPS) is 16.2. The minimum Gasteiger partial charge on any atom is -0.457 e. The number of amides is 1. The summed E-state index contributed by atoms with van der Waals surface area (Å²) >= 11 is 0. The molecule has 1 saturated heterocycles. The molecule has 0 bridgehead atoms. The van der Waals surface area contributed by atoms with Gasteiger partial charge in [0.2, 0.25) is 5.95 Å². The molecule has 0 radical (unpaired) electrons. The number of aromatic nitrogens is 4. The van der Waals surface area contributed by atoms with E-state index in [2.05, 4.69) is 24.8 Å². The minimum atomic E-state index is -0.720. The van der Waals surface area contributed by atoms with E-state index in [9.17, 15) is 9.90 Å². The first-order chi connectivity index (χ1) is 22.9. The van der Waals surface area contributed by atoms with Crippen molar-refractivity contribution in [3.05, 3.63) is 96.4 Å². The number of pyridine rings is 1. The lowest BCUT2D eigenvalue weighted by Crippen LogP contribution is -2.48. The van der Waals surface area contributed by atoms with Crippen LogP contribution in [0.1, 0.15) is 54.0 Å². The molecule has 2 fully saturated rings. The number of fused-ring (bicyclic) bond motifs is 1. The first-order valence-electron chi connectivity index (χ1n) is 16.3. The number of ether oxygens (including phenoxy) is 1. The molecule has 5 aromatic rings. The minimum absolute atomic E-state index is 0.0213. The fraction of sp³-hybridized carbons (Fsp3) is 0.333. The molecular formula is C36H40N8O3. The quantitative estimate of drug-likeness (QED) is 0.189. The van der Waals surface area contributed by atoms with E-state index in [0.717, 1.165) is 41.0 Å². The summed E-state index contributed by atoms with van der Waals surface area (Å²) in [6.45, 7) is 2.68. The van der Waals surface area contributed by atoms with Crippen molar-refractivity contribution in [1.29, 1.82) is 0 Å². The Kier molecular flexibility index (Phi) is 8.73. The number of aliphatic hydroxyl groups excluding tert-OH is 1. The number of aliphatic hydroxyl groups is 1. The van der Waals surface area contributed by atoms with Gasteiger partial charge in [0.25, 0.3) is 5.91 Å². The predicted octanol–water partition coefficient (Wildman–Crippen LogP) is 5.99. The van der Waals surface area contributed by atoms with Crippen molar-refractivity contribution in [1.82, 2.24) is 29.3 Å². The van der Waals surface area contributed by atoms with Crippen molar-refractivity contribution in [3.63, 3.8) is 0 Å². The van der Waals surface area contributed by atoms with E-state index < -0.39 is 6.23 Å². The van der Waals surface area contributed by atoms with Crippen LogP contribution in [0, 0.1) is 0 Å². The first-order valence-corrected chi connectivity index (χ1v) is 16.3. The number of benzene rings is 2. The molecule has 1 saturated carbocycles. The number of hydrogen-bond acceptors (Lipinski definition) is 9. The van der Waals surface area contributed by atoms with Crippen molar-refractivity contribution in [2.75, 3.05) is 50.5 Å². The Morgan fingerprint density at radius 2 is 1.64 bits per heavy atom. The van der Waals surface area contributed by atoms with Crippen LogP contribution < -0.4 is 15.0 Å². The molecule has 242 valence electrons. The number of anilines is 3. The van der Waals surface area contributed by atoms with Crippen LogP contribution in [0.5, 0.6) is 11.5 Å². The lowest BCUT2D eigenvalue weighted by molar-refractivity contribution is 0.0319. The zero-order valence-corrected chi connectivity index (χ0v) is 26.8. The topological polar surface area (TPSA) is 112 Å². The summed E-state index contributed by atoms with van der Waals surface area (Å²) in [5, 5.41) is 15.1. The largest absolute Gasteiger partial charge is 0.457 e. The molecule has 4 heterocycles. The maximum Gasteiger partial charge on any atom is 0.253 e. The smallest absolute Gasteiger partial charge is 0.253 e. The number of carbonyl (C=O) groups excluding carboxylic acids is 1. The van der Waals surface area contributed by atoms with Gasteiger partial charge < -0.3 is 29.5 Å². The number of carbonyl (C=O) groups is 1. The molecular weight excluding hydrogens is 592 g/mol. The second-order valence-electron chi connectivity index (χ2n) is 12.4. The molecule has 2 N–H and O–H groups in total. The van der Waals surface area contributed by atoms with Gasteiger partial charge in [0.15, 0.2) is 0 Å². The predicted molar refractivity (Wildman–Crippen MR) is 182 cm³/mol. The van der Waals surface area contributed by atoms with Crippen molar-refractivity contribution < 1.29 is 14.6 Å². The van der Waals surface area contributed by atoms with Gasteiger partial charge in [-0.3, -0.25) is 9.69 Å². The van der Waals surface area contributed by atoms with Crippen molar-refractivity contribution in [2.45, 2.75) is 38.0 Å². The zero-order chi connectivity index (χ0) is 32.3. The average molecular weight is 633 g/mol. The molecule has 11 nitrogen and oxygen atoms in total. The molecule has 1 atom stereocenters. The maximum absolute atomic E-state index is 13.2. The monoisotopic (exact) mass is 632 g/mol. The van der Waals surface area contributed by atoms with Gasteiger partial charge in [-0.05, 0) is 81.5 Å². The molecule has 1 unspecified atom stereocenters.